The van der Waals surface area contributed by atoms with Crippen LogP contribution in [-0.4, -0.2) is 18.1 Å². The van der Waals surface area contributed by atoms with Gasteiger partial charge in [0.15, 0.2) is 0 Å². The van der Waals surface area contributed by atoms with Crippen molar-refractivity contribution in [2.75, 3.05) is 13.2 Å². The number of benzene rings is 1. The van der Waals surface area contributed by atoms with Crippen molar-refractivity contribution in [2.24, 2.45) is 0 Å². The van der Waals surface area contributed by atoms with Gasteiger partial charge in [-0.15, -0.1) is 22.0 Å². The van der Waals surface area contributed by atoms with Crippen molar-refractivity contribution >= 4 is 21.6 Å². The molecule has 115 valence electrons. The molecule has 0 aromatic heterocycles. The van der Waals surface area contributed by atoms with E-state index in [1.807, 2.05) is 18.7 Å². The van der Waals surface area contributed by atoms with Gasteiger partial charge in [-0.05, 0) is 25.1 Å². The molecule has 0 aliphatic carbocycles. The molecule has 0 atom stereocenters. The van der Waals surface area contributed by atoms with Crippen LogP contribution in [0.1, 0.15) is 25.8 Å². The van der Waals surface area contributed by atoms with Crippen molar-refractivity contribution in [3.8, 4) is 5.75 Å². The predicted molar refractivity (Wildman–Crippen MR) is 87.4 cm³/mol. The van der Waals surface area contributed by atoms with Crippen LogP contribution in [0.2, 0.25) is 0 Å². The number of nitrogens with zero attached hydrogens (tertiary/aromatic N) is 1. The molecule has 0 saturated carbocycles. The zero-order chi connectivity index (χ0) is 15.4. The molecule has 2 rings (SSSR count). The fraction of sp³-hybridized carbons (Fsp3) is 0.294. The third-order valence-electron chi connectivity index (χ3n) is 3.19. The van der Waals surface area contributed by atoms with Crippen LogP contribution in [0.5, 0.6) is 5.75 Å². The molecule has 0 N–H and O–H groups in total. The van der Waals surface area contributed by atoms with Gasteiger partial charge in [-0.2, -0.15) is 12.2 Å². The monoisotopic (exact) mass is 439 g/mol. The van der Waals surface area contributed by atoms with Gasteiger partial charge in [0.25, 0.3) is 0 Å². The SMILES string of the molecule is C=C1C(Br)=C[C-]=C(c2ccc(OCCC)cc2F)N1CC.[Y]. The fourth-order valence-corrected chi connectivity index (χ4v) is 2.46. The Labute approximate surface area is 165 Å². The summed E-state index contributed by atoms with van der Waals surface area (Å²) in [7, 11) is 0. The largest absolute Gasteiger partial charge is 0.494 e. The van der Waals surface area contributed by atoms with Crippen LogP contribution in [0.25, 0.3) is 5.70 Å². The Bertz CT molecular complexity index is 613. The first-order chi connectivity index (χ1) is 10.1. The summed E-state index contributed by atoms with van der Waals surface area (Å²) in [5, 5.41) is 0. The van der Waals surface area contributed by atoms with E-state index in [1.54, 1.807) is 18.2 Å². The molecule has 0 bridgehead atoms. The topological polar surface area (TPSA) is 12.5 Å². The molecule has 1 aliphatic rings. The molecule has 1 aromatic carbocycles. The van der Waals surface area contributed by atoms with E-state index in [4.69, 9.17) is 4.74 Å². The molecule has 0 amide bonds. The Balaban J connectivity index is 0.00000242. The summed E-state index contributed by atoms with van der Waals surface area (Å²) >= 11 is 3.42. The van der Waals surface area contributed by atoms with Crippen molar-refractivity contribution in [1.82, 2.24) is 4.90 Å². The van der Waals surface area contributed by atoms with Crippen molar-refractivity contribution in [1.29, 1.82) is 0 Å². The van der Waals surface area contributed by atoms with E-state index in [1.165, 1.54) is 6.07 Å². The normalized spacial score (nSPS) is 14.2. The summed E-state index contributed by atoms with van der Waals surface area (Å²) in [6.07, 6.45) is 5.77. The van der Waals surface area contributed by atoms with Gasteiger partial charge in [-0.1, -0.05) is 29.2 Å². The van der Waals surface area contributed by atoms with Crippen LogP contribution >= 0.6 is 15.9 Å². The molecule has 0 saturated heterocycles. The summed E-state index contributed by atoms with van der Waals surface area (Å²) in [6, 6.07) is 4.93. The van der Waals surface area contributed by atoms with E-state index in [-0.39, 0.29) is 38.5 Å². The molecule has 5 heteroatoms. The average molecular weight is 440 g/mol. The Morgan fingerprint density at radius 3 is 2.68 bits per heavy atom. The van der Waals surface area contributed by atoms with Crippen LogP contribution in [0.3, 0.4) is 0 Å². The van der Waals surface area contributed by atoms with Crippen LogP contribution in [0.4, 0.5) is 4.39 Å². The molecule has 0 unspecified atom stereocenters. The molecule has 22 heavy (non-hydrogen) atoms. The summed E-state index contributed by atoms with van der Waals surface area (Å²) in [5.41, 5.74) is 1.99. The molecule has 1 aliphatic heterocycles. The standard InChI is InChI=1S/C17H18BrFNO.Y/c1-4-10-21-13-6-7-14(16(19)11-13)17-9-8-15(18)12(3)20(17)5-2;/h6-8,11H,3-5,10H2,1-2H3;/q-1;. The smallest absolute Gasteiger partial charge is 0.120 e. The molecular weight excluding hydrogens is 422 g/mol. The molecule has 0 spiro atoms. The zero-order valence-corrected chi connectivity index (χ0v) is 17.3. The molecule has 0 fully saturated rings. The van der Waals surface area contributed by atoms with Gasteiger partial charge in [0.2, 0.25) is 0 Å². The Kier molecular flexibility index (Phi) is 8.02. The van der Waals surface area contributed by atoms with Crippen LogP contribution in [0.15, 0.2) is 41.0 Å². The minimum Gasteiger partial charge on any atom is -0.494 e. The van der Waals surface area contributed by atoms with Crippen molar-refractivity contribution in [3.05, 3.63) is 58.5 Å². The van der Waals surface area contributed by atoms with Crippen molar-refractivity contribution < 1.29 is 41.8 Å². The van der Waals surface area contributed by atoms with E-state index in [2.05, 4.69) is 28.6 Å². The average Bonchev–Trinajstić information content (AvgIpc) is 2.48. The van der Waals surface area contributed by atoms with E-state index in [0.29, 0.717) is 30.2 Å². The molecule has 2 nitrogen and oxygen atoms in total. The predicted octanol–water partition coefficient (Wildman–Crippen LogP) is 4.88. The summed E-state index contributed by atoms with van der Waals surface area (Å²) < 4.78 is 20.7. The van der Waals surface area contributed by atoms with E-state index in [9.17, 15) is 4.39 Å². The van der Waals surface area contributed by atoms with Gasteiger partial charge in [0, 0.05) is 45.3 Å². The molecule has 1 aromatic rings. The van der Waals surface area contributed by atoms with Gasteiger partial charge in [0.1, 0.15) is 5.75 Å². The van der Waals surface area contributed by atoms with Gasteiger partial charge < -0.3 is 9.64 Å². The van der Waals surface area contributed by atoms with Gasteiger partial charge >= 0.3 is 0 Å². The molecular formula is C17H18BrFNOY-. The number of rotatable bonds is 5. The van der Waals surface area contributed by atoms with E-state index < -0.39 is 0 Å². The number of hydrogen-bond donors (Lipinski definition) is 0. The minimum absolute atomic E-state index is 0. The second-order valence-corrected chi connectivity index (χ2v) is 5.52. The Hall–Kier alpha value is -0.446. The molecule has 1 radical (unpaired) electrons. The van der Waals surface area contributed by atoms with E-state index >= 15 is 0 Å². The third-order valence-corrected chi connectivity index (χ3v) is 3.88. The van der Waals surface area contributed by atoms with Crippen LogP contribution in [-0.2, 0) is 32.7 Å². The number of hydrogen-bond acceptors (Lipinski definition) is 2. The first kappa shape index (κ1) is 19.6. The van der Waals surface area contributed by atoms with Gasteiger partial charge in [-0.3, -0.25) is 0 Å². The maximum Gasteiger partial charge on any atom is 0.120 e. The second-order valence-electron chi connectivity index (χ2n) is 4.67. The Morgan fingerprint density at radius 1 is 1.36 bits per heavy atom. The zero-order valence-electron chi connectivity index (χ0n) is 12.8. The quantitative estimate of drug-likeness (QED) is 0.606. The number of halogens is 2. The second kappa shape index (κ2) is 9.00. The van der Waals surface area contributed by atoms with Gasteiger partial charge in [0.05, 0.1) is 12.4 Å². The number of ether oxygens (including phenoxy) is 1. The summed E-state index contributed by atoms with van der Waals surface area (Å²) in [6.45, 7) is 9.30. The summed E-state index contributed by atoms with van der Waals surface area (Å²) in [4.78, 5) is 1.93. The maximum absolute atomic E-state index is 14.4. The Morgan fingerprint density at radius 2 is 2.09 bits per heavy atom. The number of likely N-dealkylation sites (N-methyl/N-ethyl adjacent to an activating group) is 1. The third kappa shape index (κ3) is 4.30. The van der Waals surface area contributed by atoms with Crippen molar-refractivity contribution in [3.63, 3.8) is 0 Å². The van der Waals surface area contributed by atoms with Crippen LogP contribution in [0, 0.1) is 11.9 Å². The van der Waals surface area contributed by atoms with Crippen molar-refractivity contribution in [2.45, 2.75) is 20.3 Å². The minimum atomic E-state index is -0.316. The first-order valence-electron chi connectivity index (χ1n) is 6.97. The maximum atomic E-state index is 14.4. The molecule has 1 heterocycles. The fourth-order valence-electron chi connectivity index (χ4n) is 2.13. The first-order valence-corrected chi connectivity index (χ1v) is 7.76. The van der Waals surface area contributed by atoms with E-state index in [0.717, 1.165) is 16.6 Å². The van der Waals surface area contributed by atoms with Gasteiger partial charge in [-0.25, -0.2) is 4.39 Å². The van der Waals surface area contributed by atoms with Crippen LogP contribution < -0.4 is 4.74 Å². The number of allylic oxidation sites excluding steroid dienone is 3. The summed E-state index contributed by atoms with van der Waals surface area (Å²) in [5.74, 6) is 0.233.